The van der Waals surface area contributed by atoms with E-state index in [0.29, 0.717) is 0 Å². The van der Waals surface area contributed by atoms with E-state index in [9.17, 15) is 0 Å². The average molecular weight is 81.9 g/mol. The van der Waals surface area contributed by atoms with Crippen LogP contribution in [0.3, 0.4) is 0 Å². The Morgan fingerprint density at radius 3 is 1.50 bits per heavy atom. The van der Waals surface area contributed by atoms with Gasteiger partial charge in [0.25, 0.3) is 0 Å². The zero-order valence-electron chi connectivity index (χ0n) is 4.52. The summed E-state index contributed by atoms with van der Waals surface area (Å²) in [7, 11) is 4.93. The fourth-order valence-electron chi connectivity index (χ4n) is 0. The van der Waals surface area contributed by atoms with E-state index in [1.165, 1.54) is 0 Å². The minimum absolute atomic E-state index is 0.0556. The van der Waals surface area contributed by atoms with Crippen molar-refractivity contribution in [2.75, 3.05) is 0 Å². The molecule has 34 valence electrons. The van der Waals surface area contributed by atoms with Crippen molar-refractivity contribution in [3.63, 3.8) is 0 Å². The van der Waals surface area contributed by atoms with Crippen molar-refractivity contribution >= 4 is 7.98 Å². The van der Waals surface area contributed by atoms with Gasteiger partial charge in [0.05, 0.1) is 0 Å². The van der Waals surface area contributed by atoms with Gasteiger partial charge in [-0.15, -0.1) is 13.5 Å². The molecule has 1 nitrogen and oxygen atoms in total. The Balaban J connectivity index is 3.17. The van der Waals surface area contributed by atoms with Gasteiger partial charge >= 0.3 is 0 Å². The number of rotatable bonds is 0. The van der Waals surface area contributed by atoms with Gasteiger partial charge in [0.15, 0.2) is 0 Å². The summed E-state index contributed by atoms with van der Waals surface area (Å²) in [5.41, 5.74) is -0.0556. The quantitative estimate of drug-likeness (QED) is 0.390. The first-order valence-corrected chi connectivity index (χ1v) is 1.98. The molecule has 0 saturated carbocycles. The first-order chi connectivity index (χ1) is 2.56. The molecular weight excluding hydrogens is 72.9 g/mol. The van der Waals surface area contributed by atoms with Gasteiger partial charge in [-0.1, -0.05) is 20.8 Å². The van der Waals surface area contributed by atoms with Crippen LogP contribution in [0.4, 0.5) is 0 Å². The molecule has 2 radical (unpaired) electrons. The predicted octanol–water partition coefficient (Wildman–Crippen LogP) is 1.24. The molecule has 0 spiro atoms. The van der Waals surface area contributed by atoms with Gasteiger partial charge in [-0.3, -0.25) is 0 Å². The number of nitrogens with zero attached hydrogens (tertiary/aromatic N) is 1. The SMILES string of the molecule is [B][N-]C(C)(C)C. The summed E-state index contributed by atoms with van der Waals surface area (Å²) >= 11 is 0. The van der Waals surface area contributed by atoms with Gasteiger partial charge in [0, 0.05) is 0 Å². The molecule has 0 aliphatic rings. The molecule has 6 heavy (non-hydrogen) atoms. The lowest BCUT2D eigenvalue weighted by Crippen LogP contribution is -2.10. The Hall–Kier alpha value is 0.0249. The van der Waals surface area contributed by atoms with Crippen LogP contribution in [0.2, 0.25) is 0 Å². The summed E-state index contributed by atoms with van der Waals surface area (Å²) in [5, 5.41) is 3.52. The van der Waals surface area contributed by atoms with Gasteiger partial charge in [0.1, 0.15) is 0 Å². The van der Waals surface area contributed by atoms with E-state index < -0.39 is 0 Å². The zero-order valence-corrected chi connectivity index (χ0v) is 4.52. The Morgan fingerprint density at radius 2 is 1.50 bits per heavy atom. The third-order valence-corrected chi connectivity index (χ3v) is 0.387. The lowest BCUT2D eigenvalue weighted by molar-refractivity contribution is 0.683. The van der Waals surface area contributed by atoms with Crippen molar-refractivity contribution in [1.82, 2.24) is 0 Å². The van der Waals surface area contributed by atoms with Crippen LogP contribution in [-0.4, -0.2) is 13.5 Å². The van der Waals surface area contributed by atoms with E-state index in [-0.39, 0.29) is 5.54 Å². The van der Waals surface area contributed by atoms with E-state index in [2.05, 4.69) is 5.23 Å². The highest BCUT2D eigenvalue weighted by atomic mass is 14.8. The van der Waals surface area contributed by atoms with Crippen LogP contribution in [0.25, 0.3) is 5.23 Å². The molecule has 0 atom stereocenters. The van der Waals surface area contributed by atoms with E-state index in [1.54, 1.807) is 0 Å². The number of hydrogen-bond acceptors (Lipinski definition) is 0. The highest BCUT2D eigenvalue weighted by Crippen LogP contribution is 2.08. The Kier molecular flexibility index (Phi) is 1.66. The number of hydrogen-bond donors (Lipinski definition) is 0. The van der Waals surface area contributed by atoms with Crippen LogP contribution in [0.1, 0.15) is 20.8 Å². The second-order valence-electron chi connectivity index (χ2n) is 2.30. The topological polar surface area (TPSA) is 14.1 Å². The fraction of sp³-hybridized carbons (Fsp3) is 1.00. The van der Waals surface area contributed by atoms with Crippen molar-refractivity contribution in [3.05, 3.63) is 5.23 Å². The standard InChI is InChI=1S/C4H9BN/c1-4(2,3)6-5/h1-3H3/q-1. The molecule has 2 heteroatoms. The third kappa shape index (κ3) is 4.02. The van der Waals surface area contributed by atoms with E-state index in [0.717, 1.165) is 0 Å². The zero-order chi connectivity index (χ0) is 5.21. The smallest absolute Gasteiger partial charge is 0.0796 e. The largest absolute Gasteiger partial charge is 0.696 e. The maximum atomic E-state index is 4.93. The van der Waals surface area contributed by atoms with Crippen molar-refractivity contribution in [2.24, 2.45) is 0 Å². The highest BCUT2D eigenvalue weighted by molar-refractivity contribution is 6.17. The first-order valence-electron chi connectivity index (χ1n) is 1.98. The van der Waals surface area contributed by atoms with E-state index >= 15 is 0 Å². The molecule has 0 aromatic heterocycles. The summed E-state index contributed by atoms with van der Waals surface area (Å²) in [4.78, 5) is 0. The molecule has 0 saturated heterocycles. The van der Waals surface area contributed by atoms with Gasteiger partial charge in [-0.25, -0.2) is 0 Å². The van der Waals surface area contributed by atoms with Crippen LogP contribution < -0.4 is 0 Å². The highest BCUT2D eigenvalue weighted by Gasteiger charge is 1.88. The molecule has 0 bridgehead atoms. The Morgan fingerprint density at radius 1 is 1.33 bits per heavy atom. The van der Waals surface area contributed by atoms with Crippen molar-refractivity contribution in [3.8, 4) is 0 Å². The summed E-state index contributed by atoms with van der Waals surface area (Å²) in [6, 6.07) is 0. The second kappa shape index (κ2) is 1.65. The average Bonchev–Trinajstić information content (AvgIpc) is 1.35. The maximum absolute atomic E-state index is 4.93. The van der Waals surface area contributed by atoms with Crippen LogP contribution in [0.5, 0.6) is 0 Å². The lowest BCUT2D eigenvalue weighted by atomic mass is 10.1. The summed E-state index contributed by atoms with van der Waals surface area (Å²) in [6.45, 7) is 5.85. The van der Waals surface area contributed by atoms with Crippen LogP contribution in [0.15, 0.2) is 0 Å². The monoisotopic (exact) mass is 82.1 g/mol. The molecule has 0 aromatic rings. The molecule has 0 aliphatic carbocycles. The summed E-state index contributed by atoms with van der Waals surface area (Å²) < 4.78 is 0. The summed E-state index contributed by atoms with van der Waals surface area (Å²) in [6.07, 6.45) is 0. The second-order valence-corrected chi connectivity index (χ2v) is 2.30. The van der Waals surface area contributed by atoms with Gasteiger partial charge in [-0.2, -0.15) is 0 Å². The van der Waals surface area contributed by atoms with Crippen molar-refractivity contribution in [2.45, 2.75) is 26.3 Å². The van der Waals surface area contributed by atoms with Crippen LogP contribution in [0, 0.1) is 0 Å². The van der Waals surface area contributed by atoms with Crippen LogP contribution >= 0.6 is 0 Å². The molecule has 0 amide bonds. The molecule has 0 heterocycles. The van der Waals surface area contributed by atoms with Crippen molar-refractivity contribution < 1.29 is 0 Å². The first kappa shape index (κ1) is 6.02. The van der Waals surface area contributed by atoms with Gasteiger partial charge in [-0.05, 0) is 0 Å². The van der Waals surface area contributed by atoms with E-state index in [4.69, 9.17) is 7.98 Å². The third-order valence-electron chi connectivity index (χ3n) is 0.387. The molecule has 0 unspecified atom stereocenters. The van der Waals surface area contributed by atoms with Gasteiger partial charge in [0.2, 0.25) is 0 Å². The predicted molar refractivity (Wildman–Crippen MR) is 28.9 cm³/mol. The van der Waals surface area contributed by atoms with Crippen molar-refractivity contribution in [1.29, 1.82) is 0 Å². The maximum Gasteiger partial charge on any atom is -0.0796 e. The summed E-state index contributed by atoms with van der Waals surface area (Å²) in [5.74, 6) is 0. The van der Waals surface area contributed by atoms with Crippen LogP contribution in [-0.2, 0) is 0 Å². The molecule has 0 fully saturated rings. The minimum Gasteiger partial charge on any atom is -0.696 e. The van der Waals surface area contributed by atoms with Gasteiger partial charge < -0.3 is 5.23 Å². The molecule has 0 rings (SSSR count). The molecule has 0 aliphatic heterocycles. The molecule has 0 aromatic carbocycles. The molecular formula is C4H9BN-. The fourth-order valence-corrected chi connectivity index (χ4v) is 0. The Labute approximate surface area is 40.6 Å². The normalized spacial score (nSPS) is 11.8. The lowest BCUT2D eigenvalue weighted by Gasteiger charge is -2.32. The molecule has 0 N–H and O–H groups in total. The Bertz CT molecular complexity index is 37.3. The minimum atomic E-state index is -0.0556. The van der Waals surface area contributed by atoms with E-state index in [1.807, 2.05) is 20.8 Å².